The summed E-state index contributed by atoms with van der Waals surface area (Å²) in [6.45, 7) is 8.12. The largest absolute Gasteiger partial charge is 0.314 e. The molecule has 0 aliphatic rings. The van der Waals surface area contributed by atoms with Gasteiger partial charge in [0.15, 0.2) is 9.84 Å². The van der Waals surface area contributed by atoms with Crippen molar-refractivity contribution in [3.8, 4) is 0 Å². The fourth-order valence-corrected chi connectivity index (χ4v) is 1.95. The quantitative estimate of drug-likeness (QED) is 0.585. The van der Waals surface area contributed by atoms with Crippen LogP contribution in [0.5, 0.6) is 0 Å². The molecule has 0 saturated carbocycles. The van der Waals surface area contributed by atoms with E-state index in [4.69, 9.17) is 11.6 Å². The minimum absolute atomic E-state index is 0.0346. The summed E-state index contributed by atoms with van der Waals surface area (Å²) in [5, 5.41) is 3.04. The van der Waals surface area contributed by atoms with Crippen LogP contribution in [0.3, 0.4) is 0 Å². The standard InChI is InChI=1S/C9H20ClNO2S/c1-8(10)7-11-5-6-14(12,13)9(2,3)4/h8,11H,5-7H2,1-4H3. The highest BCUT2D eigenvalue weighted by Gasteiger charge is 2.27. The molecule has 0 amide bonds. The van der Waals surface area contributed by atoms with E-state index >= 15 is 0 Å². The van der Waals surface area contributed by atoms with Crippen molar-refractivity contribution in [2.45, 2.75) is 37.8 Å². The Bertz CT molecular complexity index is 254. The van der Waals surface area contributed by atoms with Crippen LogP contribution < -0.4 is 5.32 Å². The molecule has 0 rings (SSSR count). The smallest absolute Gasteiger partial charge is 0.156 e. The molecule has 14 heavy (non-hydrogen) atoms. The van der Waals surface area contributed by atoms with E-state index in [2.05, 4.69) is 5.32 Å². The zero-order valence-electron chi connectivity index (χ0n) is 9.30. The van der Waals surface area contributed by atoms with E-state index in [-0.39, 0.29) is 11.1 Å². The molecular formula is C9H20ClNO2S. The van der Waals surface area contributed by atoms with Gasteiger partial charge in [-0.3, -0.25) is 0 Å². The fraction of sp³-hybridized carbons (Fsp3) is 1.00. The summed E-state index contributed by atoms with van der Waals surface area (Å²) in [6.07, 6.45) is 0. The molecule has 5 heteroatoms. The van der Waals surface area contributed by atoms with Gasteiger partial charge in [-0.05, 0) is 27.7 Å². The minimum Gasteiger partial charge on any atom is -0.314 e. The summed E-state index contributed by atoms with van der Waals surface area (Å²) in [7, 11) is -3.00. The van der Waals surface area contributed by atoms with Crippen LogP contribution in [0.25, 0.3) is 0 Å². The van der Waals surface area contributed by atoms with Gasteiger partial charge in [-0.1, -0.05) is 0 Å². The van der Waals surface area contributed by atoms with E-state index in [1.165, 1.54) is 0 Å². The number of halogens is 1. The normalized spacial score (nSPS) is 15.5. The van der Waals surface area contributed by atoms with E-state index in [1.54, 1.807) is 20.8 Å². The van der Waals surface area contributed by atoms with Crippen LogP contribution in [-0.2, 0) is 9.84 Å². The molecule has 1 unspecified atom stereocenters. The van der Waals surface area contributed by atoms with Crippen molar-refractivity contribution in [3.05, 3.63) is 0 Å². The molecule has 1 N–H and O–H groups in total. The lowest BCUT2D eigenvalue weighted by Crippen LogP contribution is -2.35. The Morgan fingerprint density at radius 3 is 2.21 bits per heavy atom. The Kier molecular flexibility index (Phi) is 5.41. The molecule has 0 bridgehead atoms. The molecule has 3 nitrogen and oxygen atoms in total. The maximum absolute atomic E-state index is 11.6. The molecule has 0 aromatic rings. The highest BCUT2D eigenvalue weighted by molar-refractivity contribution is 7.92. The Labute approximate surface area is 92.1 Å². The van der Waals surface area contributed by atoms with Crippen molar-refractivity contribution in [3.63, 3.8) is 0 Å². The number of rotatable bonds is 5. The molecule has 0 aliphatic heterocycles. The summed E-state index contributed by atoms with van der Waals surface area (Å²) < 4.78 is 22.6. The third kappa shape index (κ3) is 5.17. The van der Waals surface area contributed by atoms with Crippen molar-refractivity contribution in [2.75, 3.05) is 18.8 Å². The van der Waals surface area contributed by atoms with Gasteiger partial charge in [0.25, 0.3) is 0 Å². The van der Waals surface area contributed by atoms with Crippen LogP contribution in [0, 0.1) is 0 Å². The van der Waals surface area contributed by atoms with Crippen molar-refractivity contribution >= 4 is 21.4 Å². The van der Waals surface area contributed by atoms with Gasteiger partial charge in [-0.25, -0.2) is 8.42 Å². The molecule has 0 aromatic heterocycles. The van der Waals surface area contributed by atoms with Gasteiger partial charge >= 0.3 is 0 Å². The summed E-state index contributed by atoms with van der Waals surface area (Å²) in [5.74, 6) is 0.167. The first-order valence-corrected chi connectivity index (χ1v) is 6.83. The van der Waals surface area contributed by atoms with Gasteiger partial charge in [0.2, 0.25) is 0 Å². The maximum atomic E-state index is 11.6. The molecule has 0 radical (unpaired) electrons. The van der Waals surface area contributed by atoms with Crippen LogP contribution >= 0.6 is 11.6 Å². The molecule has 0 heterocycles. The molecule has 0 fully saturated rings. The summed E-state index contributed by atoms with van der Waals surface area (Å²) in [5.41, 5.74) is 0. The second kappa shape index (κ2) is 5.33. The first-order chi connectivity index (χ1) is 6.17. The average Bonchev–Trinajstić information content (AvgIpc) is 1.95. The first-order valence-electron chi connectivity index (χ1n) is 4.74. The number of sulfone groups is 1. The van der Waals surface area contributed by atoms with Gasteiger partial charge < -0.3 is 5.32 Å². The fourth-order valence-electron chi connectivity index (χ4n) is 0.814. The summed E-state index contributed by atoms with van der Waals surface area (Å²) >= 11 is 5.71. The lowest BCUT2D eigenvalue weighted by atomic mass is 10.3. The molecule has 0 spiro atoms. The van der Waals surface area contributed by atoms with Gasteiger partial charge in [0.1, 0.15) is 0 Å². The Hall–Kier alpha value is 0.200. The lowest BCUT2D eigenvalue weighted by Gasteiger charge is -2.19. The van der Waals surface area contributed by atoms with Crippen LogP contribution in [0.2, 0.25) is 0 Å². The van der Waals surface area contributed by atoms with Gasteiger partial charge in [0.05, 0.1) is 10.5 Å². The van der Waals surface area contributed by atoms with E-state index < -0.39 is 14.6 Å². The molecule has 0 saturated heterocycles. The number of nitrogens with one attached hydrogen (secondary N) is 1. The third-order valence-corrected chi connectivity index (χ3v) is 4.67. The topological polar surface area (TPSA) is 46.2 Å². The Balaban J connectivity index is 3.91. The lowest BCUT2D eigenvalue weighted by molar-refractivity contribution is 0.556. The van der Waals surface area contributed by atoms with Crippen LogP contribution in [0.15, 0.2) is 0 Å². The van der Waals surface area contributed by atoms with E-state index in [0.717, 1.165) is 0 Å². The highest BCUT2D eigenvalue weighted by atomic mass is 35.5. The third-order valence-electron chi connectivity index (χ3n) is 1.91. The number of alkyl halides is 1. The molecule has 1 atom stereocenters. The Morgan fingerprint density at radius 2 is 1.86 bits per heavy atom. The van der Waals surface area contributed by atoms with Gasteiger partial charge in [0, 0.05) is 18.5 Å². The van der Waals surface area contributed by atoms with E-state index in [1.807, 2.05) is 6.92 Å². The SMILES string of the molecule is CC(Cl)CNCCS(=O)(=O)C(C)(C)C. The zero-order valence-corrected chi connectivity index (χ0v) is 10.9. The second-order valence-corrected chi connectivity index (χ2v) is 8.02. The predicted octanol–water partition coefficient (Wildman–Crippen LogP) is 1.42. The highest BCUT2D eigenvalue weighted by Crippen LogP contribution is 2.15. The maximum Gasteiger partial charge on any atom is 0.156 e. The minimum atomic E-state index is -3.00. The van der Waals surface area contributed by atoms with Crippen molar-refractivity contribution in [1.82, 2.24) is 5.32 Å². The number of hydrogen-bond acceptors (Lipinski definition) is 3. The first kappa shape index (κ1) is 14.2. The van der Waals surface area contributed by atoms with Crippen LogP contribution in [-0.4, -0.2) is 37.4 Å². The van der Waals surface area contributed by atoms with Crippen molar-refractivity contribution in [2.24, 2.45) is 0 Å². The van der Waals surface area contributed by atoms with Crippen molar-refractivity contribution in [1.29, 1.82) is 0 Å². The van der Waals surface area contributed by atoms with Crippen LogP contribution in [0.4, 0.5) is 0 Å². The molecule has 86 valence electrons. The molecule has 0 aromatic carbocycles. The Morgan fingerprint density at radius 1 is 1.36 bits per heavy atom. The number of hydrogen-bond donors (Lipinski definition) is 1. The predicted molar refractivity (Wildman–Crippen MR) is 61.7 cm³/mol. The molecular weight excluding hydrogens is 222 g/mol. The van der Waals surface area contributed by atoms with E-state index in [0.29, 0.717) is 13.1 Å². The zero-order chi connectivity index (χ0) is 11.4. The summed E-state index contributed by atoms with van der Waals surface area (Å²) in [4.78, 5) is 0. The van der Waals surface area contributed by atoms with Gasteiger partial charge in [-0.15, -0.1) is 11.6 Å². The van der Waals surface area contributed by atoms with Crippen LogP contribution in [0.1, 0.15) is 27.7 Å². The second-order valence-electron chi connectivity index (χ2n) is 4.42. The van der Waals surface area contributed by atoms with Gasteiger partial charge in [-0.2, -0.15) is 0 Å². The molecule has 0 aliphatic carbocycles. The van der Waals surface area contributed by atoms with Crippen molar-refractivity contribution < 1.29 is 8.42 Å². The monoisotopic (exact) mass is 241 g/mol. The summed E-state index contributed by atoms with van der Waals surface area (Å²) in [6, 6.07) is 0. The average molecular weight is 242 g/mol. The van der Waals surface area contributed by atoms with E-state index in [9.17, 15) is 8.42 Å².